The third-order valence-electron chi connectivity index (χ3n) is 6.19. The molecule has 0 bridgehead atoms. The number of anilines is 1. The normalized spacial score (nSPS) is 17.3. The molecule has 2 aliphatic rings. The summed E-state index contributed by atoms with van der Waals surface area (Å²) in [5, 5.41) is 8.89. The molecular formula is C25H26N4O3S. The molecule has 1 unspecified atom stereocenters. The van der Waals surface area contributed by atoms with Crippen molar-refractivity contribution in [1.29, 1.82) is 0 Å². The summed E-state index contributed by atoms with van der Waals surface area (Å²) in [6.07, 6.45) is 2.17. The maximum Gasteiger partial charge on any atom is 0.227 e. The van der Waals surface area contributed by atoms with Gasteiger partial charge in [-0.1, -0.05) is 48.2 Å². The smallest absolute Gasteiger partial charge is 0.227 e. The van der Waals surface area contributed by atoms with Crippen LogP contribution in [0.1, 0.15) is 42.0 Å². The highest BCUT2D eigenvalue weighted by Crippen LogP contribution is 2.45. The molecule has 1 atom stereocenters. The Morgan fingerprint density at radius 3 is 2.76 bits per heavy atom. The van der Waals surface area contributed by atoms with Gasteiger partial charge in [0.25, 0.3) is 0 Å². The highest BCUT2D eigenvalue weighted by Gasteiger charge is 2.38. The number of aryl methyl sites for hydroxylation is 1. The summed E-state index contributed by atoms with van der Waals surface area (Å²) in [5.74, 6) is 2.77. The molecule has 0 fully saturated rings. The number of para-hydroxylation sites is 1. The van der Waals surface area contributed by atoms with E-state index in [1.165, 1.54) is 11.1 Å². The average molecular weight is 463 g/mol. The second-order valence-electron chi connectivity index (χ2n) is 8.16. The number of Topliss-reactive ketones (excluding diaryl/α,β-unsaturated/α-hetero) is 1. The van der Waals surface area contributed by atoms with Crippen LogP contribution in [0.5, 0.6) is 11.5 Å². The first-order chi connectivity index (χ1) is 16.1. The molecule has 5 rings (SSSR count). The minimum Gasteiger partial charge on any atom is -0.493 e. The number of carbonyl (C=O) groups is 1. The number of thioether (sulfide) groups is 1. The Morgan fingerprint density at radius 2 is 1.97 bits per heavy atom. The van der Waals surface area contributed by atoms with Gasteiger partial charge >= 0.3 is 0 Å². The van der Waals surface area contributed by atoms with Gasteiger partial charge in [-0.3, -0.25) is 4.79 Å². The lowest BCUT2D eigenvalue weighted by atomic mass is 9.85. The van der Waals surface area contributed by atoms with E-state index in [0.29, 0.717) is 29.0 Å². The number of benzene rings is 2. The van der Waals surface area contributed by atoms with Gasteiger partial charge in [-0.05, 0) is 37.0 Å². The SMILES string of the molecule is COc1cccc(C2C3=C(CCCC3=O)Nc3nc(SCc4ccccc4C)nn32)c1OC. The number of ketones is 1. The molecule has 2 aromatic carbocycles. The molecule has 2 heterocycles. The zero-order chi connectivity index (χ0) is 22.9. The molecule has 7 nitrogen and oxygen atoms in total. The predicted molar refractivity (Wildman–Crippen MR) is 128 cm³/mol. The summed E-state index contributed by atoms with van der Waals surface area (Å²) in [5.41, 5.74) is 5.00. The van der Waals surface area contributed by atoms with Gasteiger partial charge in [-0.2, -0.15) is 4.98 Å². The van der Waals surface area contributed by atoms with E-state index in [9.17, 15) is 4.79 Å². The number of aromatic nitrogens is 3. The monoisotopic (exact) mass is 462 g/mol. The highest BCUT2D eigenvalue weighted by molar-refractivity contribution is 7.98. The van der Waals surface area contributed by atoms with Gasteiger partial charge in [0.15, 0.2) is 17.3 Å². The molecular weight excluding hydrogens is 436 g/mol. The van der Waals surface area contributed by atoms with Crippen molar-refractivity contribution in [3.63, 3.8) is 0 Å². The number of methoxy groups -OCH3 is 2. The van der Waals surface area contributed by atoms with Gasteiger partial charge in [0, 0.05) is 29.0 Å². The molecule has 0 radical (unpaired) electrons. The molecule has 8 heteroatoms. The van der Waals surface area contributed by atoms with E-state index in [4.69, 9.17) is 19.6 Å². The van der Waals surface area contributed by atoms with E-state index in [1.807, 2.05) is 35.0 Å². The van der Waals surface area contributed by atoms with Crippen LogP contribution in [0.4, 0.5) is 5.95 Å². The standard InChI is InChI=1S/C25H26N4O3S/c1-15-8-4-5-9-16(15)14-33-25-27-24-26-18-11-7-12-19(30)21(18)22(29(24)28-25)17-10-6-13-20(31-2)23(17)32-3/h4-6,8-10,13,22H,7,11-12,14H2,1-3H3,(H,26,27,28). The van der Waals surface area contributed by atoms with Crippen LogP contribution in [-0.4, -0.2) is 34.8 Å². The Balaban J connectivity index is 1.57. The lowest BCUT2D eigenvalue weighted by molar-refractivity contribution is -0.116. The quantitative estimate of drug-likeness (QED) is 0.521. The van der Waals surface area contributed by atoms with Crippen LogP contribution in [0.2, 0.25) is 0 Å². The van der Waals surface area contributed by atoms with Crippen molar-refractivity contribution in [2.75, 3.05) is 19.5 Å². The molecule has 33 heavy (non-hydrogen) atoms. The van der Waals surface area contributed by atoms with E-state index in [1.54, 1.807) is 26.0 Å². The minimum absolute atomic E-state index is 0.133. The van der Waals surface area contributed by atoms with Crippen molar-refractivity contribution in [2.45, 2.75) is 43.1 Å². The van der Waals surface area contributed by atoms with Crippen molar-refractivity contribution in [3.8, 4) is 11.5 Å². The summed E-state index contributed by atoms with van der Waals surface area (Å²) in [7, 11) is 3.23. The number of hydrogen-bond donors (Lipinski definition) is 1. The van der Waals surface area contributed by atoms with Crippen molar-refractivity contribution < 1.29 is 14.3 Å². The topological polar surface area (TPSA) is 78.3 Å². The van der Waals surface area contributed by atoms with Crippen molar-refractivity contribution >= 4 is 23.5 Å². The summed E-state index contributed by atoms with van der Waals surface area (Å²) in [4.78, 5) is 17.9. The fraction of sp³-hybridized carbons (Fsp3) is 0.320. The second kappa shape index (κ2) is 8.94. The van der Waals surface area contributed by atoms with Crippen molar-refractivity contribution in [3.05, 3.63) is 70.4 Å². The minimum atomic E-state index is -0.422. The first kappa shape index (κ1) is 21.6. The number of allylic oxidation sites excluding steroid dienone is 2. The Bertz CT molecular complexity index is 1250. The zero-order valence-electron chi connectivity index (χ0n) is 18.9. The Morgan fingerprint density at radius 1 is 1.12 bits per heavy atom. The summed E-state index contributed by atoms with van der Waals surface area (Å²) >= 11 is 1.59. The molecule has 0 saturated heterocycles. The van der Waals surface area contributed by atoms with Gasteiger partial charge < -0.3 is 14.8 Å². The molecule has 1 aliphatic heterocycles. The average Bonchev–Trinajstić information content (AvgIpc) is 3.24. The van der Waals surface area contributed by atoms with Crippen molar-refractivity contribution in [1.82, 2.24) is 14.8 Å². The van der Waals surface area contributed by atoms with E-state index >= 15 is 0 Å². The number of nitrogens with one attached hydrogen (secondary N) is 1. The molecule has 1 N–H and O–H groups in total. The number of fused-ring (bicyclic) bond motifs is 1. The number of rotatable bonds is 6. The maximum absolute atomic E-state index is 13.1. The van der Waals surface area contributed by atoms with Crippen LogP contribution in [0, 0.1) is 6.92 Å². The molecule has 1 aromatic heterocycles. The van der Waals surface area contributed by atoms with Gasteiger partial charge in [0.05, 0.1) is 14.2 Å². The fourth-order valence-corrected chi connectivity index (χ4v) is 5.43. The highest BCUT2D eigenvalue weighted by atomic mass is 32.2. The summed E-state index contributed by atoms with van der Waals surface area (Å²) in [6, 6.07) is 13.6. The third kappa shape index (κ3) is 3.88. The molecule has 1 aliphatic carbocycles. The van der Waals surface area contributed by atoms with Gasteiger partial charge in [0.1, 0.15) is 6.04 Å². The Hall–Kier alpha value is -3.26. The van der Waals surface area contributed by atoms with Crippen LogP contribution in [0.25, 0.3) is 0 Å². The third-order valence-corrected chi connectivity index (χ3v) is 7.08. The van der Waals surface area contributed by atoms with Crippen LogP contribution in [0.15, 0.2) is 58.9 Å². The van der Waals surface area contributed by atoms with Gasteiger partial charge in [-0.25, -0.2) is 4.68 Å². The number of carbonyl (C=O) groups excluding carboxylic acids is 1. The van der Waals surface area contributed by atoms with E-state index in [2.05, 4.69) is 24.4 Å². The molecule has 3 aromatic rings. The Kier molecular flexibility index (Phi) is 5.85. The lowest BCUT2D eigenvalue weighted by Crippen LogP contribution is -2.31. The van der Waals surface area contributed by atoms with Crippen LogP contribution in [0.3, 0.4) is 0 Å². The summed E-state index contributed by atoms with van der Waals surface area (Å²) in [6.45, 7) is 2.11. The van der Waals surface area contributed by atoms with Gasteiger partial charge in [0.2, 0.25) is 11.1 Å². The first-order valence-corrected chi connectivity index (χ1v) is 12.0. The first-order valence-electron chi connectivity index (χ1n) is 11.0. The summed E-state index contributed by atoms with van der Waals surface area (Å²) < 4.78 is 13.1. The van der Waals surface area contributed by atoms with Crippen molar-refractivity contribution in [2.24, 2.45) is 0 Å². The maximum atomic E-state index is 13.1. The predicted octanol–water partition coefficient (Wildman–Crippen LogP) is 4.92. The molecule has 0 spiro atoms. The lowest BCUT2D eigenvalue weighted by Gasteiger charge is -2.32. The molecule has 0 saturated carbocycles. The van der Waals surface area contributed by atoms with Crippen LogP contribution < -0.4 is 14.8 Å². The fourth-order valence-electron chi connectivity index (χ4n) is 4.53. The number of ether oxygens (including phenoxy) is 2. The number of hydrogen-bond acceptors (Lipinski definition) is 7. The number of nitrogens with zero attached hydrogens (tertiary/aromatic N) is 3. The van der Waals surface area contributed by atoms with E-state index in [0.717, 1.165) is 35.4 Å². The Labute approximate surface area is 197 Å². The second-order valence-corrected chi connectivity index (χ2v) is 9.10. The van der Waals surface area contributed by atoms with E-state index in [-0.39, 0.29) is 5.78 Å². The zero-order valence-corrected chi connectivity index (χ0v) is 19.7. The van der Waals surface area contributed by atoms with Crippen LogP contribution in [-0.2, 0) is 10.5 Å². The van der Waals surface area contributed by atoms with E-state index < -0.39 is 6.04 Å². The molecule has 0 amide bonds. The largest absolute Gasteiger partial charge is 0.493 e. The van der Waals surface area contributed by atoms with Gasteiger partial charge in [-0.15, -0.1) is 5.10 Å². The van der Waals surface area contributed by atoms with Crippen LogP contribution >= 0.6 is 11.8 Å². The molecule has 170 valence electrons.